The Morgan fingerprint density at radius 1 is 1.50 bits per heavy atom. The van der Waals surface area contributed by atoms with Crippen molar-refractivity contribution >= 4 is 11.6 Å². The van der Waals surface area contributed by atoms with Crippen LogP contribution < -0.4 is 0 Å². The summed E-state index contributed by atoms with van der Waals surface area (Å²) in [5, 5.41) is 9.82. The van der Waals surface area contributed by atoms with Gasteiger partial charge in [-0.15, -0.1) is 0 Å². The first-order chi connectivity index (χ1) is 6.68. The Morgan fingerprint density at radius 3 is 2.86 bits per heavy atom. The molecule has 0 aliphatic heterocycles. The molecule has 14 heavy (non-hydrogen) atoms. The molecule has 0 heterocycles. The lowest BCUT2D eigenvalue weighted by Crippen LogP contribution is -2.13. The molecule has 0 amide bonds. The van der Waals surface area contributed by atoms with Gasteiger partial charge >= 0.3 is 0 Å². The van der Waals surface area contributed by atoms with Crippen LogP contribution in [-0.2, 0) is 6.42 Å². The second-order valence-corrected chi connectivity index (χ2v) is 4.20. The SMILES string of the molecule is OC(Cc1cccc(F)c1Cl)C1CC1. The van der Waals surface area contributed by atoms with Gasteiger partial charge < -0.3 is 5.11 Å². The van der Waals surface area contributed by atoms with Crippen LogP contribution in [0.1, 0.15) is 18.4 Å². The van der Waals surface area contributed by atoms with E-state index in [-0.39, 0.29) is 11.1 Å². The number of halogens is 2. The van der Waals surface area contributed by atoms with Crippen molar-refractivity contribution in [1.82, 2.24) is 0 Å². The fourth-order valence-corrected chi connectivity index (χ4v) is 1.78. The average molecular weight is 215 g/mol. The first kappa shape index (κ1) is 9.94. The standard InChI is InChI=1S/C11H12ClFO/c12-11-8(2-1-3-9(11)13)6-10(14)7-4-5-7/h1-3,7,10,14H,4-6H2. The largest absolute Gasteiger partial charge is 0.392 e. The fraction of sp³-hybridized carbons (Fsp3) is 0.455. The summed E-state index contributed by atoms with van der Waals surface area (Å²) in [7, 11) is 0. The highest BCUT2D eigenvalue weighted by atomic mass is 35.5. The van der Waals surface area contributed by atoms with E-state index in [0.717, 1.165) is 12.8 Å². The molecule has 0 spiro atoms. The molecule has 1 aromatic carbocycles. The van der Waals surface area contributed by atoms with Crippen LogP contribution in [0.3, 0.4) is 0 Å². The summed E-state index contributed by atoms with van der Waals surface area (Å²) in [5.41, 5.74) is 0.700. The predicted molar refractivity (Wildman–Crippen MR) is 53.8 cm³/mol. The van der Waals surface area contributed by atoms with Crippen molar-refractivity contribution < 1.29 is 9.50 Å². The molecule has 1 aromatic rings. The van der Waals surface area contributed by atoms with Crippen LogP contribution in [0, 0.1) is 11.7 Å². The molecule has 3 heteroatoms. The first-order valence-corrected chi connectivity index (χ1v) is 5.17. The molecular weight excluding hydrogens is 203 g/mol. The van der Waals surface area contributed by atoms with Crippen molar-refractivity contribution in [2.24, 2.45) is 5.92 Å². The quantitative estimate of drug-likeness (QED) is 0.821. The van der Waals surface area contributed by atoms with E-state index in [1.54, 1.807) is 12.1 Å². The van der Waals surface area contributed by atoms with E-state index in [4.69, 9.17) is 11.6 Å². The van der Waals surface area contributed by atoms with Gasteiger partial charge in [-0.3, -0.25) is 0 Å². The molecule has 1 atom stereocenters. The van der Waals surface area contributed by atoms with Gasteiger partial charge in [-0.25, -0.2) is 4.39 Å². The van der Waals surface area contributed by atoms with E-state index < -0.39 is 5.82 Å². The van der Waals surface area contributed by atoms with E-state index in [0.29, 0.717) is 17.9 Å². The summed E-state index contributed by atoms with van der Waals surface area (Å²) >= 11 is 5.78. The Kier molecular flexibility index (Phi) is 2.75. The van der Waals surface area contributed by atoms with Gasteiger partial charge in [-0.2, -0.15) is 0 Å². The maximum Gasteiger partial charge on any atom is 0.142 e. The molecule has 1 aliphatic carbocycles. The maximum atomic E-state index is 13.0. The van der Waals surface area contributed by atoms with E-state index >= 15 is 0 Å². The van der Waals surface area contributed by atoms with Crippen LogP contribution in [0.15, 0.2) is 18.2 Å². The minimum absolute atomic E-state index is 0.146. The van der Waals surface area contributed by atoms with Gasteiger partial charge in [0.05, 0.1) is 11.1 Å². The number of rotatable bonds is 3. The van der Waals surface area contributed by atoms with E-state index in [2.05, 4.69) is 0 Å². The minimum Gasteiger partial charge on any atom is -0.392 e. The number of aliphatic hydroxyl groups excluding tert-OH is 1. The monoisotopic (exact) mass is 214 g/mol. The zero-order valence-corrected chi connectivity index (χ0v) is 8.47. The smallest absolute Gasteiger partial charge is 0.142 e. The molecule has 0 radical (unpaired) electrons. The van der Waals surface area contributed by atoms with Gasteiger partial charge in [0.25, 0.3) is 0 Å². The van der Waals surface area contributed by atoms with Crippen LogP contribution in [0.5, 0.6) is 0 Å². The molecule has 1 saturated carbocycles. The van der Waals surface area contributed by atoms with Crippen molar-refractivity contribution in [3.8, 4) is 0 Å². The van der Waals surface area contributed by atoms with Crippen molar-refractivity contribution in [1.29, 1.82) is 0 Å². The van der Waals surface area contributed by atoms with Gasteiger partial charge in [0.1, 0.15) is 5.82 Å². The second kappa shape index (κ2) is 3.87. The topological polar surface area (TPSA) is 20.2 Å². The lowest BCUT2D eigenvalue weighted by atomic mass is 10.0. The van der Waals surface area contributed by atoms with Crippen LogP contribution in [0.2, 0.25) is 5.02 Å². The van der Waals surface area contributed by atoms with Crippen molar-refractivity contribution in [2.75, 3.05) is 0 Å². The van der Waals surface area contributed by atoms with Gasteiger partial charge in [0, 0.05) is 6.42 Å². The summed E-state index contributed by atoms with van der Waals surface area (Å²) in [4.78, 5) is 0. The Labute approximate surface area is 87.5 Å². The summed E-state index contributed by atoms with van der Waals surface area (Å²) in [6.45, 7) is 0. The van der Waals surface area contributed by atoms with E-state index in [1.165, 1.54) is 6.07 Å². The highest BCUT2D eigenvalue weighted by Gasteiger charge is 2.30. The fourth-order valence-electron chi connectivity index (χ4n) is 1.58. The highest BCUT2D eigenvalue weighted by Crippen LogP contribution is 2.35. The Hall–Kier alpha value is -0.600. The Balaban J connectivity index is 2.11. The molecule has 2 rings (SSSR count). The summed E-state index contributed by atoms with van der Waals surface area (Å²) in [6, 6.07) is 4.71. The molecule has 1 nitrogen and oxygen atoms in total. The number of hydrogen-bond donors (Lipinski definition) is 1. The molecule has 1 fully saturated rings. The highest BCUT2D eigenvalue weighted by molar-refractivity contribution is 6.31. The van der Waals surface area contributed by atoms with Crippen LogP contribution in [-0.4, -0.2) is 11.2 Å². The predicted octanol–water partition coefficient (Wildman–Crippen LogP) is 2.79. The molecular formula is C11H12ClFO. The Bertz CT molecular complexity index is 336. The van der Waals surface area contributed by atoms with Crippen LogP contribution >= 0.6 is 11.6 Å². The van der Waals surface area contributed by atoms with Gasteiger partial charge in [0.2, 0.25) is 0 Å². The normalized spacial score (nSPS) is 18.2. The minimum atomic E-state index is -0.410. The Morgan fingerprint density at radius 2 is 2.21 bits per heavy atom. The zero-order chi connectivity index (χ0) is 10.1. The van der Waals surface area contributed by atoms with E-state index in [1.807, 2.05) is 0 Å². The molecule has 0 aromatic heterocycles. The third-order valence-electron chi connectivity index (χ3n) is 2.63. The molecule has 1 unspecified atom stereocenters. The molecule has 0 bridgehead atoms. The van der Waals surface area contributed by atoms with Gasteiger partial charge in [0.15, 0.2) is 0 Å². The van der Waals surface area contributed by atoms with Crippen molar-refractivity contribution in [3.05, 3.63) is 34.6 Å². The van der Waals surface area contributed by atoms with Gasteiger partial charge in [-0.1, -0.05) is 23.7 Å². The average Bonchev–Trinajstić information content (AvgIpc) is 2.95. The zero-order valence-electron chi connectivity index (χ0n) is 7.71. The van der Waals surface area contributed by atoms with Crippen molar-refractivity contribution in [2.45, 2.75) is 25.4 Å². The van der Waals surface area contributed by atoms with Crippen LogP contribution in [0.4, 0.5) is 4.39 Å². The first-order valence-electron chi connectivity index (χ1n) is 4.79. The summed E-state index contributed by atoms with van der Waals surface area (Å²) in [5.74, 6) is -0.0125. The third kappa shape index (κ3) is 2.07. The van der Waals surface area contributed by atoms with Crippen LogP contribution in [0.25, 0.3) is 0 Å². The molecule has 1 N–H and O–H groups in total. The third-order valence-corrected chi connectivity index (χ3v) is 3.05. The molecule has 1 aliphatic rings. The second-order valence-electron chi connectivity index (χ2n) is 3.82. The number of hydrogen-bond acceptors (Lipinski definition) is 1. The molecule has 0 saturated heterocycles. The lowest BCUT2D eigenvalue weighted by molar-refractivity contribution is 0.151. The molecule has 76 valence electrons. The number of aliphatic hydroxyl groups is 1. The lowest BCUT2D eigenvalue weighted by Gasteiger charge is -2.10. The summed E-state index contributed by atoms with van der Waals surface area (Å²) < 4.78 is 13.0. The van der Waals surface area contributed by atoms with Crippen molar-refractivity contribution in [3.63, 3.8) is 0 Å². The number of benzene rings is 1. The van der Waals surface area contributed by atoms with E-state index in [9.17, 15) is 9.50 Å². The summed E-state index contributed by atoms with van der Waals surface area (Å²) in [6.07, 6.45) is 2.25. The maximum absolute atomic E-state index is 13.0. The van der Waals surface area contributed by atoms with Gasteiger partial charge in [-0.05, 0) is 30.4 Å².